The van der Waals surface area contributed by atoms with Crippen LogP contribution in [0.4, 0.5) is 0 Å². The van der Waals surface area contributed by atoms with E-state index < -0.39 is 33.6 Å². The van der Waals surface area contributed by atoms with Crippen molar-refractivity contribution < 1.29 is 49.7 Å². The highest BCUT2D eigenvalue weighted by Gasteiger charge is 2.30. The number of phenolic OH excluding ortho intramolecular Hbond substituents is 6. The van der Waals surface area contributed by atoms with Crippen LogP contribution in [0, 0.1) is 0 Å². The fourth-order valence-corrected chi connectivity index (χ4v) is 8.64. The average molecular weight is 921 g/mol. The smallest absolute Gasteiger partial charge is 0.343 e. The number of hydrogen-bond acceptors (Lipinski definition) is 10. The summed E-state index contributed by atoms with van der Waals surface area (Å²) in [5, 5.41) is 66.6. The van der Waals surface area contributed by atoms with E-state index in [0.29, 0.717) is 44.5 Å². The summed E-state index contributed by atoms with van der Waals surface area (Å²) in [7, 11) is 0. The minimum Gasteiger partial charge on any atom is -0.508 e. The van der Waals surface area contributed by atoms with Crippen molar-refractivity contribution in [2.24, 2.45) is 0 Å². The largest absolute Gasteiger partial charge is 0.508 e. The Morgan fingerprint density at radius 2 is 0.544 bits per heavy atom. The number of hydrogen-bond donors (Lipinski definition) is 6. The second-order valence-electron chi connectivity index (χ2n) is 22.5. The summed E-state index contributed by atoms with van der Waals surface area (Å²) in [4.78, 5) is 28.4. The Bertz CT molecular complexity index is 2640. The fraction of sp³-hybridized carbons (Fsp3) is 0.345. The molecule has 68 heavy (non-hydrogen) atoms. The topological polar surface area (TPSA) is 174 Å². The van der Waals surface area contributed by atoms with Gasteiger partial charge in [0.1, 0.15) is 46.0 Å². The average Bonchev–Trinajstić information content (AvgIpc) is 3.19. The molecule has 10 heteroatoms. The molecule has 0 amide bonds. The van der Waals surface area contributed by atoms with Crippen molar-refractivity contribution in [1.82, 2.24) is 0 Å². The molecule has 7 rings (SSSR count). The molecule has 1 aliphatic rings. The van der Waals surface area contributed by atoms with E-state index in [1.807, 2.05) is 48.5 Å². The zero-order valence-corrected chi connectivity index (χ0v) is 41.2. The molecular formula is C58H64O10. The van der Waals surface area contributed by atoms with E-state index in [9.17, 15) is 40.2 Å². The summed E-state index contributed by atoms with van der Waals surface area (Å²) < 4.78 is 12.8. The van der Waals surface area contributed by atoms with Gasteiger partial charge in [0.25, 0.3) is 0 Å². The lowest BCUT2D eigenvalue weighted by molar-refractivity contribution is 0.0721. The highest BCUT2D eigenvalue weighted by atomic mass is 16.5. The Hall–Kier alpha value is -6.94. The van der Waals surface area contributed by atoms with Gasteiger partial charge in [-0.25, -0.2) is 9.59 Å². The van der Waals surface area contributed by atoms with Crippen molar-refractivity contribution in [3.05, 3.63) is 163 Å². The van der Waals surface area contributed by atoms with Crippen molar-refractivity contribution in [3.63, 3.8) is 0 Å². The third kappa shape index (κ3) is 10.6. The van der Waals surface area contributed by atoms with Crippen LogP contribution in [-0.2, 0) is 47.3 Å². The third-order valence-electron chi connectivity index (χ3n) is 12.7. The second-order valence-corrected chi connectivity index (χ2v) is 22.5. The molecule has 0 heterocycles. The molecule has 6 aromatic carbocycles. The second kappa shape index (κ2) is 17.6. The number of rotatable bonds is 4. The van der Waals surface area contributed by atoms with Gasteiger partial charge in [-0.1, -0.05) is 132 Å². The lowest BCUT2D eigenvalue weighted by atomic mass is 9.79. The number of phenols is 6. The number of ether oxygens (including phenoxy) is 2. The molecule has 0 spiro atoms. The van der Waals surface area contributed by atoms with Gasteiger partial charge in [0.05, 0.1) is 11.1 Å². The summed E-state index contributed by atoms with van der Waals surface area (Å²) in [6, 6.07) is 22.9. The van der Waals surface area contributed by atoms with Gasteiger partial charge in [0, 0.05) is 60.1 Å². The Balaban J connectivity index is 1.58. The van der Waals surface area contributed by atoms with E-state index in [2.05, 4.69) is 83.1 Å². The van der Waals surface area contributed by atoms with Gasteiger partial charge in [-0.3, -0.25) is 0 Å². The van der Waals surface area contributed by atoms with E-state index in [1.54, 1.807) is 0 Å². The molecule has 10 nitrogen and oxygen atoms in total. The summed E-state index contributed by atoms with van der Waals surface area (Å²) in [5.74, 6) is -2.47. The zero-order chi connectivity index (χ0) is 50.0. The zero-order valence-electron chi connectivity index (χ0n) is 41.2. The van der Waals surface area contributed by atoms with Crippen LogP contribution in [0.15, 0.2) is 84.9 Å². The molecule has 356 valence electrons. The predicted octanol–water partition coefficient (Wildman–Crippen LogP) is 12.2. The Kier molecular flexibility index (Phi) is 12.7. The first-order valence-electron chi connectivity index (χ1n) is 23.0. The number of benzene rings is 6. The number of fused-ring (bicyclic) bond motifs is 8. The van der Waals surface area contributed by atoms with Crippen LogP contribution in [0.5, 0.6) is 46.0 Å². The minimum atomic E-state index is -0.825. The molecule has 6 N–H and O–H groups in total. The minimum absolute atomic E-state index is 0.00133. The SMILES string of the molecule is CC(C)(C)c1cc2c(O)c(c1)Cc1cc(C(C)(C)C)cc(c1OC(=O)c1cc(O)cc(O)c1)Cc1cc(C(C)(C)C)cc(c1O)Cc1cc(C(C)(C)C)cc(c1OC(=O)c1cc(O)cc(O)c1)C2. The quantitative estimate of drug-likeness (QED) is 0.0736. The van der Waals surface area contributed by atoms with Crippen LogP contribution < -0.4 is 9.47 Å². The van der Waals surface area contributed by atoms with E-state index in [-0.39, 0.29) is 82.8 Å². The first-order valence-corrected chi connectivity index (χ1v) is 23.0. The third-order valence-corrected chi connectivity index (χ3v) is 12.7. The molecule has 0 unspecified atom stereocenters. The molecule has 0 fully saturated rings. The lowest BCUT2D eigenvalue weighted by Crippen LogP contribution is -2.18. The monoisotopic (exact) mass is 920 g/mol. The molecule has 0 radical (unpaired) electrons. The van der Waals surface area contributed by atoms with E-state index in [1.165, 1.54) is 24.3 Å². The Morgan fingerprint density at radius 1 is 0.338 bits per heavy atom. The van der Waals surface area contributed by atoms with Crippen molar-refractivity contribution in [1.29, 1.82) is 0 Å². The molecule has 8 bridgehead atoms. The van der Waals surface area contributed by atoms with Crippen molar-refractivity contribution in [2.45, 2.75) is 130 Å². The van der Waals surface area contributed by atoms with E-state index in [4.69, 9.17) is 9.47 Å². The maximum atomic E-state index is 14.2. The molecular weight excluding hydrogens is 857 g/mol. The number of carbonyl (C=O) groups is 2. The van der Waals surface area contributed by atoms with Crippen LogP contribution in [0.3, 0.4) is 0 Å². The van der Waals surface area contributed by atoms with Gasteiger partial charge in [-0.2, -0.15) is 0 Å². The van der Waals surface area contributed by atoms with E-state index >= 15 is 0 Å². The van der Waals surface area contributed by atoms with E-state index in [0.717, 1.165) is 34.4 Å². The molecule has 6 aromatic rings. The van der Waals surface area contributed by atoms with Crippen molar-refractivity contribution in [3.8, 4) is 46.0 Å². The van der Waals surface area contributed by atoms with Crippen LogP contribution in [-0.4, -0.2) is 42.6 Å². The van der Waals surface area contributed by atoms with Gasteiger partial charge < -0.3 is 40.1 Å². The summed E-state index contributed by atoms with van der Waals surface area (Å²) in [6.45, 7) is 25.0. The van der Waals surface area contributed by atoms with Crippen LogP contribution in [0.2, 0.25) is 0 Å². The van der Waals surface area contributed by atoms with Crippen LogP contribution in [0.1, 0.15) is 171 Å². The maximum absolute atomic E-state index is 14.2. The summed E-state index contributed by atoms with van der Waals surface area (Å²) in [5.41, 5.74) is 6.43. The normalized spacial score (nSPS) is 13.2. The fourth-order valence-electron chi connectivity index (χ4n) is 8.64. The van der Waals surface area contributed by atoms with Gasteiger partial charge in [0.15, 0.2) is 0 Å². The highest BCUT2D eigenvalue weighted by Crippen LogP contribution is 2.44. The molecule has 0 saturated heterocycles. The Morgan fingerprint density at radius 3 is 0.750 bits per heavy atom. The molecule has 1 aliphatic carbocycles. The number of carbonyl (C=O) groups excluding carboxylic acids is 2. The van der Waals surface area contributed by atoms with Crippen LogP contribution in [0.25, 0.3) is 0 Å². The highest BCUT2D eigenvalue weighted by molar-refractivity contribution is 5.93. The van der Waals surface area contributed by atoms with Gasteiger partial charge >= 0.3 is 11.9 Å². The van der Waals surface area contributed by atoms with Crippen molar-refractivity contribution >= 4 is 11.9 Å². The first-order chi connectivity index (χ1) is 31.4. The molecule has 0 atom stereocenters. The summed E-state index contributed by atoms with van der Waals surface area (Å²) in [6.07, 6.45) is 0.401. The standard InChI is InChI=1S/C58H64O10/c1-55(2,3)41-17-31-13-35-21-43(57(7,8)9)23-37(51(35)67-53(65)39-25-45(59)29-46(60)26-39)15-33-19-42(56(4,5)6)20-34(50(33)64)16-38-24-44(58(10,11)12)22-36(14-32(18-41)49(31)63)52(38)68-54(66)40-27-47(61)30-48(62)28-40/h17-30,59-64H,13-16H2,1-12H3. The Labute approximate surface area is 399 Å². The first kappa shape index (κ1) is 49.0. The van der Waals surface area contributed by atoms with Crippen LogP contribution >= 0.6 is 0 Å². The molecule has 0 aromatic heterocycles. The van der Waals surface area contributed by atoms with Gasteiger partial charge in [-0.15, -0.1) is 0 Å². The number of esters is 2. The van der Waals surface area contributed by atoms with Crippen molar-refractivity contribution in [2.75, 3.05) is 0 Å². The maximum Gasteiger partial charge on any atom is 0.343 e. The lowest BCUT2D eigenvalue weighted by Gasteiger charge is -2.28. The predicted molar refractivity (Wildman–Crippen MR) is 265 cm³/mol. The molecule has 0 aliphatic heterocycles. The van der Waals surface area contributed by atoms with Gasteiger partial charge in [-0.05, 0) is 90.4 Å². The number of aromatic hydroxyl groups is 6. The van der Waals surface area contributed by atoms with Gasteiger partial charge in [0.2, 0.25) is 0 Å². The summed E-state index contributed by atoms with van der Waals surface area (Å²) >= 11 is 0. The molecule has 0 saturated carbocycles.